The molecule has 10 nitrogen and oxygen atoms in total. The van der Waals surface area contributed by atoms with Gasteiger partial charge in [0.2, 0.25) is 10.9 Å². The maximum atomic E-state index is 12.8. The summed E-state index contributed by atoms with van der Waals surface area (Å²) in [5, 5.41) is -0.955. The summed E-state index contributed by atoms with van der Waals surface area (Å²) in [5.41, 5.74) is 5.42. The van der Waals surface area contributed by atoms with E-state index in [9.17, 15) is 22.0 Å². The predicted octanol–water partition coefficient (Wildman–Crippen LogP) is 1.06. The van der Waals surface area contributed by atoms with Gasteiger partial charge >= 0.3 is 12.6 Å². The van der Waals surface area contributed by atoms with Crippen LogP contribution in [0.25, 0.3) is 0 Å². The standard InChI is InChI=1S/C13H13F2N5O5S/c1-7-6-9(24-2)19-13(18-7)20(12(16)21)26(22,23)10-8(25-11(14)15)4-3-5-17-10/h3-6,11H,1-2H3,(H2,16,21). The molecule has 0 saturated carbocycles. The van der Waals surface area contributed by atoms with Gasteiger partial charge in [0.05, 0.1) is 7.11 Å². The number of urea groups is 1. The third kappa shape index (κ3) is 3.93. The van der Waals surface area contributed by atoms with E-state index in [-0.39, 0.29) is 15.9 Å². The van der Waals surface area contributed by atoms with Crippen LogP contribution in [0.1, 0.15) is 5.69 Å². The number of methoxy groups -OCH3 is 1. The number of nitrogens with zero attached hydrogens (tertiary/aromatic N) is 4. The minimum absolute atomic E-state index is 0.0170. The van der Waals surface area contributed by atoms with Crippen molar-refractivity contribution in [1.82, 2.24) is 15.0 Å². The number of hydrogen-bond acceptors (Lipinski definition) is 8. The fourth-order valence-corrected chi connectivity index (χ4v) is 3.16. The van der Waals surface area contributed by atoms with Crippen molar-refractivity contribution in [1.29, 1.82) is 0 Å². The van der Waals surface area contributed by atoms with Crippen molar-refractivity contribution in [2.75, 3.05) is 11.4 Å². The Morgan fingerprint density at radius 3 is 2.62 bits per heavy atom. The highest BCUT2D eigenvalue weighted by atomic mass is 32.2. The highest BCUT2D eigenvalue weighted by molar-refractivity contribution is 7.93. The highest BCUT2D eigenvalue weighted by Crippen LogP contribution is 2.28. The van der Waals surface area contributed by atoms with Gasteiger partial charge in [0, 0.05) is 18.0 Å². The van der Waals surface area contributed by atoms with Crippen LogP contribution in [0.4, 0.5) is 19.5 Å². The van der Waals surface area contributed by atoms with Crippen molar-refractivity contribution in [3.63, 3.8) is 0 Å². The first-order chi connectivity index (χ1) is 12.2. The van der Waals surface area contributed by atoms with Gasteiger partial charge in [-0.2, -0.15) is 22.2 Å². The molecule has 2 N–H and O–H groups in total. The Hall–Kier alpha value is -3.09. The largest absolute Gasteiger partial charge is 0.481 e. The maximum absolute atomic E-state index is 12.8. The topological polar surface area (TPSA) is 138 Å². The molecule has 2 heterocycles. The number of anilines is 1. The lowest BCUT2D eigenvalue weighted by molar-refractivity contribution is -0.0521. The van der Waals surface area contributed by atoms with Gasteiger partial charge in [0.15, 0.2) is 5.75 Å². The number of aryl methyl sites for hydroxylation is 1. The van der Waals surface area contributed by atoms with Crippen molar-refractivity contribution >= 4 is 22.0 Å². The number of ether oxygens (including phenoxy) is 2. The Labute approximate surface area is 146 Å². The molecule has 2 aromatic rings. The molecule has 0 aromatic carbocycles. The van der Waals surface area contributed by atoms with Crippen LogP contribution in [0.5, 0.6) is 11.6 Å². The van der Waals surface area contributed by atoms with Crippen LogP contribution in [0.2, 0.25) is 0 Å². The number of amides is 2. The second kappa shape index (κ2) is 7.43. The number of primary amides is 1. The Bertz CT molecular complexity index is 925. The van der Waals surface area contributed by atoms with Crippen LogP contribution < -0.4 is 19.5 Å². The molecule has 0 atom stereocenters. The number of pyridine rings is 1. The van der Waals surface area contributed by atoms with Gasteiger partial charge < -0.3 is 15.2 Å². The summed E-state index contributed by atoms with van der Waals surface area (Å²) in [7, 11) is -3.60. The van der Waals surface area contributed by atoms with E-state index in [0.29, 0.717) is 0 Å². The second-order valence-corrected chi connectivity index (χ2v) is 6.35. The zero-order chi connectivity index (χ0) is 19.5. The van der Waals surface area contributed by atoms with Gasteiger partial charge in [-0.15, -0.1) is 4.31 Å². The lowest BCUT2D eigenvalue weighted by atomic mass is 10.4. The number of halogens is 2. The predicted molar refractivity (Wildman–Crippen MR) is 83.4 cm³/mol. The van der Waals surface area contributed by atoms with E-state index in [1.54, 1.807) is 0 Å². The molecule has 0 aliphatic heterocycles. The van der Waals surface area contributed by atoms with Crippen LogP contribution in [-0.4, -0.2) is 43.1 Å². The van der Waals surface area contributed by atoms with E-state index in [4.69, 9.17) is 10.5 Å². The maximum Gasteiger partial charge on any atom is 0.387 e. The summed E-state index contributed by atoms with van der Waals surface area (Å²) < 4.78 is 59.7. The van der Waals surface area contributed by atoms with E-state index in [0.717, 1.165) is 12.3 Å². The Morgan fingerprint density at radius 1 is 1.35 bits per heavy atom. The molecule has 140 valence electrons. The molecule has 0 radical (unpaired) electrons. The summed E-state index contributed by atoms with van der Waals surface area (Å²) in [6.45, 7) is -1.82. The molecule has 0 aliphatic rings. The minimum atomic E-state index is -4.86. The summed E-state index contributed by atoms with van der Waals surface area (Å²) in [6.07, 6.45) is 1.02. The molecule has 0 unspecified atom stereocenters. The van der Waals surface area contributed by atoms with Gasteiger partial charge in [-0.05, 0) is 19.1 Å². The summed E-state index contributed by atoms with van der Waals surface area (Å²) in [4.78, 5) is 22.9. The van der Waals surface area contributed by atoms with E-state index in [1.807, 2.05) is 0 Å². The lowest BCUT2D eigenvalue weighted by Gasteiger charge is -2.19. The molecule has 2 aromatic heterocycles. The molecule has 26 heavy (non-hydrogen) atoms. The van der Waals surface area contributed by atoms with E-state index < -0.39 is 39.4 Å². The molecule has 13 heteroatoms. The summed E-state index contributed by atoms with van der Waals surface area (Å²) >= 11 is 0. The first kappa shape index (κ1) is 19.2. The summed E-state index contributed by atoms with van der Waals surface area (Å²) in [6, 6.07) is 2.02. The molecule has 2 amide bonds. The number of carbonyl (C=O) groups is 1. The van der Waals surface area contributed by atoms with Crippen LogP contribution in [0.3, 0.4) is 0 Å². The summed E-state index contributed by atoms with van der Waals surface area (Å²) in [5.74, 6) is -1.45. The average Bonchev–Trinajstić information content (AvgIpc) is 2.53. The number of rotatable bonds is 6. The molecule has 2 rings (SSSR count). The Balaban J connectivity index is 2.64. The quantitative estimate of drug-likeness (QED) is 0.774. The monoisotopic (exact) mass is 389 g/mol. The van der Waals surface area contributed by atoms with Gasteiger partial charge in [-0.1, -0.05) is 0 Å². The van der Waals surface area contributed by atoms with Crippen LogP contribution >= 0.6 is 0 Å². The average molecular weight is 389 g/mol. The van der Waals surface area contributed by atoms with Crippen LogP contribution in [-0.2, 0) is 10.0 Å². The third-order valence-corrected chi connectivity index (χ3v) is 4.47. The molecular weight excluding hydrogens is 376 g/mol. The number of alkyl halides is 2. The van der Waals surface area contributed by atoms with Crippen molar-refractivity contribution in [2.24, 2.45) is 5.73 Å². The van der Waals surface area contributed by atoms with Gasteiger partial charge in [-0.3, -0.25) is 0 Å². The highest BCUT2D eigenvalue weighted by Gasteiger charge is 2.36. The molecule has 0 bridgehead atoms. The van der Waals surface area contributed by atoms with E-state index in [2.05, 4.69) is 19.7 Å². The zero-order valence-corrected chi connectivity index (χ0v) is 14.3. The molecular formula is C13H13F2N5O5S. The third-order valence-electron chi connectivity index (χ3n) is 2.85. The molecule has 0 spiro atoms. The zero-order valence-electron chi connectivity index (χ0n) is 13.5. The van der Waals surface area contributed by atoms with E-state index in [1.165, 1.54) is 26.2 Å². The number of hydrogen-bond donors (Lipinski definition) is 1. The van der Waals surface area contributed by atoms with Gasteiger partial charge in [0.25, 0.3) is 16.0 Å². The smallest absolute Gasteiger partial charge is 0.387 e. The number of aromatic nitrogens is 3. The normalized spacial score (nSPS) is 11.3. The molecule has 0 saturated heterocycles. The number of carbonyl (C=O) groups excluding carboxylic acids is 1. The van der Waals surface area contributed by atoms with Crippen molar-refractivity contribution in [3.8, 4) is 11.6 Å². The SMILES string of the molecule is COc1cc(C)nc(N(C(N)=O)S(=O)(=O)c2ncccc2OC(F)F)n1. The van der Waals surface area contributed by atoms with Crippen molar-refractivity contribution < 1.29 is 31.5 Å². The lowest BCUT2D eigenvalue weighted by Crippen LogP contribution is -2.42. The fraction of sp³-hybridized carbons (Fsp3) is 0.231. The second-order valence-electron chi connectivity index (χ2n) is 4.64. The van der Waals surface area contributed by atoms with Crippen molar-refractivity contribution in [2.45, 2.75) is 18.6 Å². The van der Waals surface area contributed by atoms with Gasteiger partial charge in [0.1, 0.15) is 0 Å². The molecule has 0 aliphatic carbocycles. The minimum Gasteiger partial charge on any atom is -0.481 e. The van der Waals surface area contributed by atoms with Gasteiger partial charge in [-0.25, -0.2) is 14.8 Å². The van der Waals surface area contributed by atoms with Crippen LogP contribution in [0.15, 0.2) is 29.4 Å². The Morgan fingerprint density at radius 2 is 2.04 bits per heavy atom. The number of nitrogens with two attached hydrogens (primary N) is 1. The molecule has 0 fully saturated rings. The van der Waals surface area contributed by atoms with E-state index >= 15 is 0 Å². The number of sulfonamides is 1. The fourth-order valence-electron chi connectivity index (χ4n) is 1.89. The van der Waals surface area contributed by atoms with Crippen LogP contribution in [0, 0.1) is 6.92 Å². The first-order valence-corrected chi connectivity index (χ1v) is 8.25. The van der Waals surface area contributed by atoms with Crippen molar-refractivity contribution in [3.05, 3.63) is 30.1 Å². The first-order valence-electron chi connectivity index (χ1n) is 6.81. The Kier molecular flexibility index (Phi) is 5.50.